The van der Waals surface area contributed by atoms with Gasteiger partial charge >= 0.3 is 6.03 Å². The van der Waals surface area contributed by atoms with Crippen molar-refractivity contribution in [3.8, 4) is 6.07 Å². The summed E-state index contributed by atoms with van der Waals surface area (Å²) in [5, 5.41) is 15.5. The van der Waals surface area contributed by atoms with Gasteiger partial charge < -0.3 is 20.3 Å². The van der Waals surface area contributed by atoms with Crippen LogP contribution in [0.1, 0.15) is 36.4 Å². The molecule has 0 unspecified atom stereocenters. The van der Waals surface area contributed by atoms with Gasteiger partial charge in [0.2, 0.25) is 0 Å². The number of nitrogens with zero attached hydrogens (tertiary/aromatic N) is 3. The largest absolute Gasteiger partial charge is 0.378 e. The van der Waals surface area contributed by atoms with Gasteiger partial charge in [-0.25, -0.2) is 18.0 Å². The quantitative estimate of drug-likeness (QED) is 0.460. The Morgan fingerprint density at radius 2 is 1.85 bits per heavy atom. The van der Waals surface area contributed by atoms with Crippen LogP contribution in [0.3, 0.4) is 0 Å². The molecule has 1 fully saturated rings. The first kappa shape index (κ1) is 29.1. The molecule has 0 radical (unpaired) electrons. The fourth-order valence-electron chi connectivity index (χ4n) is 5.27. The van der Waals surface area contributed by atoms with E-state index in [2.05, 4.69) is 21.6 Å². The van der Waals surface area contributed by atoms with Crippen LogP contribution >= 0.6 is 0 Å². The topological polar surface area (TPSA) is 97.7 Å². The van der Waals surface area contributed by atoms with Gasteiger partial charge in [0, 0.05) is 20.7 Å². The van der Waals surface area contributed by atoms with E-state index in [0.717, 1.165) is 17.7 Å². The van der Waals surface area contributed by atoms with Crippen molar-refractivity contribution < 1.29 is 27.5 Å². The third-order valence-corrected chi connectivity index (χ3v) is 7.64. The average molecular weight is 556 g/mol. The second-order valence-electron chi connectivity index (χ2n) is 10.1. The van der Waals surface area contributed by atoms with Crippen LogP contribution in [-0.4, -0.2) is 68.7 Å². The van der Waals surface area contributed by atoms with Crippen molar-refractivity contribution in [2.45, 2.75) is 30.7 Å². The highest BCUT2D eigenvalue weighted by Gasteiger charge is 2.37. The summed E-state index contributed by atoms with van der Waals surface area (Å²) in [4.78, 5) is 29.4. The second kappa shape index (κ2) is 12.5. The molecular weight excluding hydrogens is 523 g/mol. The standard InChI is InChI=1S/C29H32F3N5O3/c1-36-24(17-40-2)25(26(35-28(36)39)19-4-9-22(31)23(32)16-19)27(38)34-12-3-13-37-14-10-29(18-33,11-15-37)20-5-7-21(30)8-6-20/h4-9,16,26H,3,10-15,17H2,1-2H3,(H,34,38)(H,35,39)/t26-/m1/s1. The van der Waals surface area contributed by atoms with E-state index in [9.17, 15) is 28.0 Å². The number of amides is 3. The fraction of sp³-hybridized carbons (Fsp3) is 0.414. The lowest BCUT2D eigenvalue weighted by Crippen LogP contribution is -2.49. The summed E-state index contributed by atoms with van der Waals surface area (Å²) in [5.74, 6) is -2.90. The van der Waals surface area contributed by atoms with E-state index >= 15 is 0 Å². The van der Waals surface area contributed by atoms with E-state index in [4.69, 9.17) is 4.74 Å². The summed E-state index contributed by atoms with van der Waals surface area (Å²) in [6.45, 7) is 2.38. The van der Waals surface area contributed by atoms with Crippen molar-refractivity contribution in [3.63, 3.8) is 0 Å². The summed E-state index contributed by atoms with van der Waals surface area (Å²) in [5.41, 5.74) is 0.918. The number of urea groups is 1. The number of halogens is 3. The maximum Gasteiger partial charge on any atom is 0.322 e. The Kier molecular flexibility index (Phi) is 9.12. The number of likely N-dealkylation sites (tertiary alicyclic amines) is 1. The summed E-state index contributed by atoms with van der Waals surface area (Å²) in [6.07, 6.45) is 1.88. The number of hydrogen-bond acceptors (Lipinski definition) is 5. The number of methoxy groups -OCH3 is 1. The fourth-order valence-corrected chi connectivity index (χ4v) is 5.27. The molecular formula is C29H32F3N5O3. The van der Waals surface area contributed by atoms with E-state index < -0.39 is 35.0 Å². The predicted octanol–water partition coefficient (Wildman–Crippen LogP) is 3.76. The molecule has 0 bridgehead atoms. The molecule has 1 saturated heterocycles. The molecule has 0 saturated carbocycles. The van der Waals surface area contributed by atoms with Crippen LogP contribution in [-0.2, 0) is 14.9 Å². The molecule has 40 heavy (non-hydrogen) atoms. The molecule has 2 heterocycles. The van der Waals surface area contributed by atoms with Crippen molar-refractivity contribution in [1.29, 1.82) is 5.26 Å². The molecule has 3 amide bonds. The summed E-state index contributed by atoms with van der Waals surface area (Å²) < 4.78 is 46.2. The van der Waals surface area contributed by atoms with Gasteiger partial charge in [-0.1, -0.05) is 18.2 Å². The first-order valence-electron chi connectivity index (χ1n) is 13.1. The molecule has 1 atom stereocenters. The van der Waals surface area contributed by atoms with Crippen LogP contribution in [0.25, 0.3) is 0 Å². The number of nitriles is 1. The van der Waals surface area contributed by atoms with Crippen LogP contribution in [0.15, 0.2) is 53.7 Å². The van der Waals surface area contributed by atoms with E-state index in [-0.39, 0.29) is 23.6 Å². The third-order valence-electron chi connectivity index (χ3n) is 7.64. The summed E-state index contributed by atoms with van der Waals surface area (Å²) in [7, 11) is 2.94. The van der Waals surface area contributed by atoms with Gasteiger partial charge in [0.05, 0.1) is 35.4 Å². The minimum atomic E-state index is -1.08. The molecule has 212 valence electrons. The monoisotopic (exact) mass is 555 g/mol. The Bertz CT molecular complexity index is 1320. The number of rotatable bonds is 9. The van der Waals surface area contributed by atoms with E-state index in [0.29, 0.717) is 51.1 Å². The molecule has 4 rings (SSSR count). The minimum absolute atomic E-state index is 0.0324. The van der Waals surface area contributed by atoms with E-state index in [1.54, 1.807) is 12.1 Å². The molecule has 0 spiro atoms. The highest BCUT2D eigenvalue weighted by atomic mass is 19.2. The number of piperidine rings is 1. The van der Waals surface area contributed by atoms with Crippen LogP contribution in [0.5, 0.6) is 0 Å². The predicted molar refractivity (Wildman–Crippen MR) is 141 cm³/mol. The second-order valence-corrected chi connectivity index (χ2v) is 10.1. The Labute approximate surface area is 231 Å². The van der Waals surface area contributed by atoms with Crippen LogP contribution < -0.4 is 10.6 Å². The van der Waals surface area contributed by atoms with Crippen molar-refractivity contribution >= 4 is 11.9 Å². The highest BCUT2D eigenvalue weighted by Crippen LogP contribution is 2.35. The lowest BCUT2D eigenvalue weighted by atomic mass is 9.74. The normalized spacial score (nSPS) is 19.2. The SMILES string of the molecule is COCC1=C(C(=O)NCCCN2CCC(C#N)(c3ccc(F)cc3)CC2)[C@@H](c2ccc(F)c(F)c2)NC(=O)N1C. The maximum atomic E-state index is 14.0. The van der Waals surface area contributed by atoms with Gasteiger partial charge in [-0.15, -0.1) is 0 Å². The molecule has 2 aliphatic rings. The lowest BCUT2D eigenvalue weighted by molar-refractivity contribution is -0.118. The van der Waals surface area contributed by atoms with Gasteiger partial charge in [-0.05, 0) is 74.3 Å². The molecule has 8 nitrogen and oxygen atoms in total. The zero-order valence-electron chi connectivity index (χ0n) is 22.5. The van der Waals surface area contributed by atoms with Gasteiger partial charge in [0.1, 0.15) is 5.82 Å². The van der Waals surface area contributed by atoms with E-state index in [1.165, 1.54) is 37.3 Å². The summed E-state index contributed by atoms with van der Waals surface area (Å²) >= 11 is 0. The third kappa shape index (κ3) is 6.13. The number of carbonyl (C=O) groups excluding carboxylic acids is 2. The number of carbonyl (C=O) groups is 2. The smallest absolute Gasteiger partial charge is 0.322 e. The first-order chi connectivity index (χ1) is 19.2. The highest BCUT2D eigenvalue weighted by molar-refractivity contribution is 5.98. The Hall–Kier alpha value is -3.88. The lowest BCUT2D eigenvalue weighted by Gasteiger charge is -2.37. The first-order valence-corrected chi connectivity index (χ1v) is 13.1. The molecule has 2 aromatic carbocycles. The number of likely N-dealkylation sites (N-methyl/N-ethyl adjacent to an activating group) is 1. The molecule has 2 N–H and O–H groups in total. The van der Waals surface area contributed by atoms with Crippen LogP contribution in [0.4, 0.5) is 18.0 Å². The number of hydrogen-bond donors (Lipinski definition) is 2. The van der Waals surface area contributed by atoms with Gasteiger partial charge in [-0.3, -0.25) is 9.69 Å². The van der Waals surface area contributed by atoms with Gasteiger partial charge in [0.25, 0.3) is 5.91 Å². The molecule has 11 heteroatoms. The summed E-state index contributed by atoms with van der Waals surface area (Å²) in [6, 6.07) is 10.3. The van der Waals surface area contributed by atoms with Crippen molar-refractivity contribution in [2.24, 2.45) is 0 Å². The minimum Gasteiger partial charge on any atom is -0.378 e. The molecule has 2 aliphatic heterocycles. The maximum absolute atomic E-state index is 14.0. The van der Waals surface area contributed by atoms with Crippen molar-refractivity contribution in [2.75, 3.05) is 46.9 Å². The van der Waals surface area contributed by atoms with Crippen LogP contribution in [0.2, 0.25) is 0 Å². The van der Waals surface area contributed by atoms with Gasteiger partial charge in [-0.2, -0.15) is 5.26 Å². The molecule has 0 aliphatic carbocycles. The zero-order valence-corrected chi connectivity index (χ0v) is 22.5. The van der Waals surface area contributed by atoms with Crippen LogP contribution in [0, 0.1) is 28.8 Å². The Balaban J connectivity index is 1.39. The molecule has 2 aromatic rings. The van der Waals surface area contributed by atoms with Gasteiger partial charge in [0.15, 0.2) is 11.6 Å². The number of benzene rings is 2. The van der Waals surface area contributed by atoms with Crippen molar-refractivity contribution in [3.05, 3.63) is 82.3 Å². The average Bonchev–Trinajstić information content (AvgIpc) is 2.95. The van der Waals surface area contributed by atoms with E-state index in [1.807, 2.05) is 0 Å². The number of nitrogens with one attached hydrogen (secondary N) is 2. The Morgan fingerprint density at radius 3 is 2.48 bits per heavy atom. The number of ether oxygens (including phenoxy) is 1. The zero-order chi connectivity index (χ0) is 28.9. The Morgan fingerprint density at radius 1 is 1.15 bits per heavy atom. The van der Waals surface area contributed by atoms with Crippen molar-refractivity contribution in [1.82, 2.24) is 20.4 Å². The molecule has 0 aromatic heterocycles.